The summed E-state index contributed by atoms with van der Waals surface area (Å²) < 4.78 is 5.32. The maximum Gasteiger partial charge on any atom is 0.324 e. The number of hydrogen-bond donors (Lipinski definition) is 0. The average Bonchev–Trinajstić information content (AvgIpc) is 2.70. The van der Waals surface area contributed by atoms with E-state index in [0.29, 0.717) is 6.61 Å². The minimum Gasteiger partial charge on any atom is -0.465 e. The second-order valence-electron chi connectivity index (χ2n) is 8.43. The minimum atomic E-state index is -0.451. The van der Waals surface area contributed by atoms with Crippen molar-refractivity contribution in [2.24, 2.45) is 0 Å². The number of halogens is 1. The summed E-state index contributed by atoms with van der Waals surface area (Å²) in [5.41, 5.74) is 0. The maximum absolute atomic E-state index is 11.9. The zero-order valence-corrected chi connectivity index (χ0v) is 19.9. The molecule has 0 aromatic heterocycles. The highest BCUT2D eigenvalue weighted by Gasteiger charge is 2.15. The Morgan fingerprint density at radius 2 is 0.964 bits per heavy atom. The zero-order chi connectivity index (χ0) is 20.7. The van der Waals surface area contributed by atoms with Crippen LogP contribution in [-0.2, 0) is 9.53 Å². The largest absolute Gasteiger partial charge is 0.465 e. The molecule has 168 valence electrons. The van der Waals surface area contributed by atoms with Crippen molar-refractivity contribution in [3.63, 3.8) is 0 Å². The van der Waals surface area contributed by atoms with Crippen LogP contribution < -0.4 is 0 Å². The second kappa shape index (κ2) is 23.0. The summed E-state index contributed by atoms with van der Waals surface area (Å²) in [5, 5.41) is -0.451. The Hall–Kier alpha value is -0.240. The Kier molecular flexibility index (Phi) is 22.8. The van der Waals surface area contributed by atoms with E-state index in [9.17, 15) is 4.79 Å². The fraction of sp³-hybridized carbons (Fsp3) is 0.960. The van der Waals surface area contributed by atoms with E-state index in [2.05, 4.69) is 13.8 Å². The number of esters is 1. The Morgan fingerprint density at radius 1 is 0.607 bits per heavy atom. The Bertz CT molecular complexity index is 320. The quantitative estimate of drug-likeness (QED) is 0.0998. The summed E-state index contributed by atoms with van der Waals surface area (Å²) in [6.07, 6.45) is 25.3. The normalized spacial score (nSPS) is 12.2. The van der Waals surface area contributed by atoms with Gasteiger partial charge in [-0.2, -0.15) is 0 Å². The first kappa shape index (κ1) is 27.8. The molecule has 3 heteroatoms. The first-order valence-corrected chi connectivity index (χ1v) is 13.0. The highest BCUT2D eigenvalue weighted by atomic mass is 35.5. The van der Waals surface area contributed by atoms with Crippen LogP contribution in [0.4, 0.5) is 0 Å². The highest BCUT2D eigenvalue weighted by Crippen LogP contribution is 2.15. The van der Waals surface area contributed by atoms with Gasteiger partial charge in [-0.15, -0.1) is 11.6 Å². The van der Waals surface area contributed by atoms with Crippen LogP contribution in [0.2, 0.25) is 0 Å². The van der Waals surface area contributed by atoms with E-state index >= 15 is 0 Å². The van der Waals surface area contributed by atoms with E-state index in [1.54, 1.807) is 0 Å². The van der Waals surface area contributed by atoms with Crippen molar-refractivity contribution >= 4 is 17.6 Å². The Labute approximate surface area is 181 Å². The monoisotopic (exact) mass is 416 g/mol. The third-order valence-electron chi connectivity index (χ3n) is 5.56. The van der Waals surface area contributed by atoms with Crippen LogP contribution >= 0.6 is 11.6 Å². The van der Waals surface area contributed by atoms with Gasteiger partial charge in [-0.3, -0.25) is 4.79 Å². The lowest BCUT2D eigenvalue weighted by atomic mass is 10.0. The summed E-state index contributed by atoms with van der Waals surface area (Å²) in [4.78, 5) is 11.9. The van der Waals surface area contributed by atoms with Gasteiger partial charge in [-0.1, -0.05) is 129 Å². The number of ether oxygens (including phenoxy) is 1. The van der Waals surface area contributed by atoms with E-state index in [0.717, 1.165) is 25.7 Å². The number of rotatable bonds is 22. The maximum atomic E-state index is 11.9. The number of carbonyl (C=O) groups excluding carboxylic acids is 1. The topological polar surface area (TPSA) is 26.3 Å². The fourth-order valence-corrected chi connectivity index (χ4v) is 3.82. The Morgan fingerprint density at radius 3 is 1.39 bits per heavy atom. The molecule has 0 aliphatic carbocycles. The molecule has 0 aliphatic heterocycles. The SMILES string of the molecule is CCCCCCCCCCCCCCC(Cl)C(=O)OCCCCCCCCC. The molecule has 1 atom stereocenters. The second-order valence-corrected chi connectivity index (χ2v) is 8.96. The number of unbranched alkanes of at least 4 members (excludes halogenated alkanes) is 17. The molecule has 0 rings (SSSR count). The molecule has 0 bridgehead atoms. The number of carbonyl (C=O) groups is 1. The first-order valence-electron chi connectivity index (χ1n) is 12.5. The number of hydrogen-bond acceptors (Lipinski definition) is 2. The van der Waals surface area contributed by atoms with Gasteiger partial charge in [-0.05, 0) is 12.8 Å². The molecule has 0 heterocycles. The van der Waals surface area contributed by atoms with Crippen LogP contribution in [0.1, 0.15) is 142 Å². The summed E-state index contributed by atoms with van der Waals surface area (Å²) in [7, 11) is 0. The summed E-state index contributed by atoms with van der Waals surface area (Å²) >= 11 is 6.19. The highest BCUT2D eigenvalue weighted by molar-refractivity contribution is 6.29. The van der Waals surface area contributed by atoms with E-state index in [1.165, 1.54) is 103 Å². The van der Waals surface area contributed by atoms with Crippen LogP contribution in [0, 0.1) is 0 Å². The standard InChI is InChI=1S/C25H49ClO2/c1-3-5-7-9-11-12-13-14-15-16-18-20-22-24(26)25(27)28-23-21-19-17-10-8-6-4-2/h24H,3-23H2,1-2H3. The molecular weight excluding hydrogens is 368 g/mol. The molecule has 0 aliphatic rings. The molecule has 0 saturated heterocycles. The van der Waals surface area contributed by atoms with Gasteiger partial charge >= 0.3 is 5.97 Å². The van der Waals surface area contributed by atoms with Gasteiger partial charge in [-0.25, -0.2) is 0 Å². The third kappa shape index (κ3) is 20.5. The lowest BCUT2D eigenvalue weighted by molar-refractivity contribution is -0.143. The predicted molar refractivity (Wildman–Crippen MR) is 124 cm³/mol. The molecule has 0 fully saturated rings. The van der Waals surface area contributed by atoms with Crippen molar-refractivity contribution < 1.29 is 9.53 Å². The fourth-order valence-electron chi connectivity index (χ4n) is 3.60. The summed E-state index contributed by atoms with van der Waals surface area (Å²) in [6, 6.07) is 0. The van der Waals surface area contributed by atoms with Crippen molar-refractivity contribution in [1.82, 2.24) is 0 Å². The summed E-state index contributed by atoms with van der Waals surface area (Å²) in [6.45, 7) is 5.04. The van der Waals surface area contributed by atoms with Crippen LogP contribution in [0.15, 0.2) is 0 Å². The van der Waals surface area contributed by atoms with E-state index < -0.39 is 5.38 Å². The molecule has 1 unspecified atom stereocenters. The van der Waals surface area contributed by atoms with Gasteiger partial charge in [0.15, 0.2) is 0 Å². The number of alkyl halides is 1. The van der Waals surface area contributed by atoms with Crippen molar-refractivity contribution in [3.8, 4) is 0 Å². The third-order valence-corrected chi connectivity index (χ3v) is 5.96. The van der Waals surface area contributed by atoms with E-state index in [-0.39, 0.29) is 5.97 Å². The van der Waals surface area contributed by atoms with Crippen LogP contribution in [0.25, 0.3) is 0 Å². The van der Waals surface area contributed by atoms with E-state index in [4.69, 9.17) is 16.3 Å². The molecule has 0 spiro atoms. The lowest BCUT2D eigenvalue weighted by Gasteiger charge is -2.10. The molecule has 2 nitrogen and oxygen atoms in total. The van der Waals surface area contributed by atoms with Crippen molar-refractivity contribution in [3.05, 3.63) is 0 Å². The molecule has 0 amide bonds. The molecule has 0 saturated carbocycles. The van der Waals surface area contributed by atoms with Gasteiger partial charge < -0.3 is 4.74 Å². The molecule has 0 aromatic rings. The molecule has 0 N–H and O–H groups in total. The Balaban J connectivity index is 3.30. The van der Waals surface area contributed by atoms with Crippen LogP contribution in [-0.4, -0.2) is 18.0 Å². The van der Waals surface area contributed by atoms with Crippen molar-refractivity contribution in [1.29, 1.82) is 0 Å². The van der Waals surface area contributed by atoms with Crippen LogP contribution in [0.5, 0.6) is 0 Å². The average molecular weight is 417 g/mol. The molecule has 0 aromatic carbocycles. The van der Waals surface area contributed by atoms with Crippen LogP contribution in [0.3, 0.4) is 0 Å². The first-order chi connectivity index (χ1) is 13.7. The van der Waals surface area contributed by atoms with Gasteiger partial charge in [0.1, 0.15) is 5.38 Å². The van der Waals surface area contributed by atoms with Gasteiger partial charge in [0.25, 0.3) is 0 Å². The predicted octanol–water partition coefficient (Wildman–Crippen LogP) is 8.98. The molecular formula is C25H49ClO2. The zero-order valence-electron chi connectivity index (χ0n) is 19.1. The van der Waals surface area contributed by atoms with Crippen molar-refractivity contribution in [2.45, 2.75) is 148 Å². The smallest absolute Gasteiger partial charge is 0.324 e. The van der Waals surface area contributed by atoms with E-state index in [1.807, 2.05) is 0 Å². The molecule has 0 radical (unpaired) electrons. The van der Waals surface area contributed by atoms with Crippen molar-refractivity contribution in [2.75, 3.05) is 6.61 Å². The van der Waals surface area contributed by atoms with Gasteiger partial charge in [0.05, 0.1) is 6.61 Å². The van der Waals surface area contributed by atoms with Gasteiger partial charge in [0.2, 0.25) is 0 Å². The van der Waals surface area contributed by atoms with Gasteiger partial charge in [0, 0.05) is 0 Å². The molecule has 28 heavy (non-hydrogen) atoms. The minimum absolute atomic E-state index is 0.212. The summed E-state index contributed by atoms with van der Waals surface area (Å²) in [5.74, 6) is -0.212. The lowest BCUT2D eigenvalue weighted by Crippen LogP contribution is -2.18.